The predicted octanol–water partition coefficient (Wildman–Crippen LogP) is 2.88. The highest BCUT2D eigenvalue weighted by atomic mass is 16.6. The van der Waals surface area contributed by atoms with Crippen LogP contribution in [0.5, 0.6) is 5.75 Å². The van der Waals surface area contributed by atoms with Crippen LogP contribution in [0, 0.1) is 22.0 Å². The van der Waals surface area contributed by atoms with Crippen molar-refractivity contribution in [2.45, 2.75) is 6.61 Å². The zero-order chi connectivity index (χ0) is 18.1. The number of hydrogen-bond acceptors (Lipinski definition) is 5. The van der Waals surface area contributed by atoms with Gasteiger partial charge in [0.15, 0.2) is 5.75 Å². The van der Waals surface area contributed by atoms with E-state index in [-0.39, 0.29) is 24.6 Å². The normalized spacial score (nSPS) is 9.48. The van der Waals surface area contributed by atoms with Crippen molar-refractivity contribution in [1.29, 1.82) is 0 Å². The first kappa shape index (κ1) is 17.8. The largest absolute Gasteiger partial charge is 0.490 e. The van der Waals surface area contributed by atoms with E-state index in [0.29, 0.717) is 5.56 Å². The average Bonchev–Trinajstić information content (AvgIpc) is 2.64. The third kappa shape index (κ3) is 5.55. The van der Waals surface area contributed by atoms with Crippen molar-refractivity contribution in [2.24, 2.45) is 0 Å². The number of nitro groups is 1. The van der Waals surface area contributed by atoms with Crippen LogP contribution in [0.15, 0.2) is 48.5 Å². The zero-order valence-corrected chi connectivity index (χ0v) is 13.5. The molecule has 0 aromatic heterocycles. The summed E-state index contributed by atoms with van der Waals surface area (Å²) in [6, 6.07) is 13.7. The molecule has 0 spiro atoms. The lowest BCUT2D eigenvalue weighted by atomic mass is 10.2. The Labute approximate surface area is 144 Å². The molecule has 2 rings (SSSR count). The summed E-state index contributed by atoms with van der Waals surface area (Å²) in [5, 5.41) is 13.4. The second-order valence-corrected chi connectivity index (χ2v) is 4.86. The predicted molar refractivity (Wildman–Crippen MR) is 91.2 cm³/mol. The molecule has 0 aliphatic heterocycles. The van der Waals surface area contributed by atoms with Crippen LogP contribution in [-0.2, 0) is 11.3 Å². The van der Waals surface area contributed by atoms with Gasteiger partial charge >= 0.3 is 11.8 Å². The fourth-order valence-corrected chi connectivity index (χ4v) is 1.95. The number of rotatable bonds is 5. The van der Waals surface area contributed by atoms with Gasteiger partial charge in [0, 0.05) is 11.6 Å². The summed E-state index contributed by atoms with van der Waals surface area (Å²) in [4.78, 5) is 22.0. The standard InChI is InChI=1S/C18H16N2O5/c1-24-17-10-9-14(12-16(17)20(22)23)8-5-11-19-18(21)25-13-15-6-3-2-4-7-15/h2-4,6-7,9-10,12H,11,13H2,1H3,(H,19,21). The summed E-state index contributed by atoms with van der Waals surface area (Å²) in [6.45, 7) is 0.234. The number of carbonyl (C=O) groups excluding carboxylic acids is 1. The fraction of sp³-hybridized carbons (Fsp3) is 0.167. The molecule has 0 aliphatic carbocycles. The van der Waals surface area contributed by atoms with Crippen molar-refractivity contribution in [2.75, 3.05) is 13.7 Å². The van der Waals surface area contributed by atoms with Gasteiger partial charge in [-0.05, 0) is 17.7 Å². The molecule has 2 aromatic rings. The van der Waals surface area contributed by atoms with Gasteiger partial charge in [-0.3, -0.25) is 10.1 Å². The topological polar surface area (TPSA) is 90.7 Å². The summed E-state index contributed by atoms with van der Waals surface area (Å²) < 4.78 is 9.96. The van der Waals surface area contributed by atoms with Crippen LogP contribution in [0.2, 0.25) is 0 Å². The Morgan fingerprint density at radius 3 is 2.68 bits per heavy atom. The summed E-state index contributed by atoms with van der Waals surface area (Å²) in [5.41, 5.74) is 1.17. The zero-order valence-electron chi connectivity index (χ0n) is 13.5. The van der Waals surface area contributed by atoms with E-state index in [1.54, 1.807) is 6.07 Å². The lowest BCUT2D eigenvalue weighted by Gasteiger charge is -2.04. The van der Waals surface area contributed by atoms with E-state index >= 15 is 0 Å². The molecule has 7 heteroatoms. The minimum Gasteiger partial charge on any atom is -0.490 e. The van der Waals surface area contributed by atoms with Gasteiger partial charge in [-0.25, -0.2) is 4.79 Å². The number of nitrogens with zero attached hydrogens (tertiary/aromatic N) is 1. The lowest BCUT2D eigenvalue weighted by Crippen LogP contribution is -2.24. The minimum atomic E-state index is -0.584. The van der Waals surface area contributed by atoms with E-state index < -0.39 is 11.0 Å². The molecule has 1 N–H and O–H groups in total. The molecule has 128 valence electrons. The van der Waals surface area contributed by atoms with E-state index in [2.05, 4.69) is 17.2 Å². The molecule has 0 radical (unpaired) electrons. The number of hydrogen-bond donors (Lipinski definition) is 1. The van der Waals surface area contributed by atoms with Gasteiger partial charge in [0.25, 0.3) is 0 Å². The van der Waals surface area contributed by atoms with Crippen molar-refractivity contribution >= 4 is 11.8 Å². The number of methoxy groups -OCH3 is 1. The Morgan fingerprint density at radius 2 is 2.00 bits per heavy atom. The van der Waals surface area contributed by atoms with Crippen LogP contribution in [0.1, 0.15) is 11.1 Å². The van der Waals surface area contributed by atoms with Crippen LogP contribution in [-0.4, -0.2) is 24.7 Å². The van der Waals surface area contributed by atoms with E-state index in [4.69, 9.17) is 9.47 Å². The third-order valence-corrected chi connectivity index (χ3v) is 3.14. The maximum atomic E-state index is 11.5. The van der Waals surface area contributed by atoms with Gasteiger partial charge in [-0.15, -0.1) is 0 Å². The van der Waals surface area contributed by atoms with Crippen LogP contribution in [0.3, 0.4) is 0 Å². The number of nitrogens with one attached hydrogen (secondary N) is 1. The summed E-state index contributed by atoms with van der Waals surface area (Å²) in [6.07, 6.45) is -0.584. The first-order valence-corrected chi connectivity index (χ1v) is 7.36. The van der Waals surface area contributed by atoms with E-state index in [9.17, 15) is 14.9 Å². The van der Waals surface area contributed by atoms with Crippen LogP contribution in [0.25, 0.3) is 0 Å². The average molecular weight is 340 g/mol. The van der Waals surface area contributed by atoms with Crippen molar-refractivity contribution in [3.8, 4) is 17.6 Å². The van der Waals surface area contributed by atoms with Crippen LogP contribution >= 0.6 is 0 Å². The molecule has 7 nitrogen and oxygen atoms in total. The second-order valence-electron chi connectivity index (χ2n) is 4.86. The molecular weight excluding hydrogens is 324 g/mol. The number of ether oxygens (including phenoxy) is 2. The Kier molecular flexibility index (Phi) is 6.37. The third-order valence-electron chi connectivity index (χ3n) is 3.14. The quantitative estimate of drug-likeness (QED) is 0.513. The van der Waals surface area contributed by atoms with Gasteiger partial charge < -0.3 is 14.8 Å². The highest BCUT2D eigenvalue weighted by Crippen LogP contribution is 2.26. The van der Waals surface area contributed by atoms with E-state index in [0.717, 1.165) is 5.56 Å². The number of carbonyl (C=O) groups is 1. The number of benzene rings is 2. The lowest BCUT2D eigenvalue weighted by molar-refractivity contribution is -0.385. The Bertz CT molecular complexity index is 809. The van der Waals surface area contributed by atoms with Crippen LogP contribution < -0.4 is 10.1 Å². The molecule has 0 saturated heterocycles. The highest BCUT2D eigenvalue weighted by molar-refractivity contribution is 5.67. The molecule has 2 aromatic carbocycles. The second kappa shape index (κ2) is 8.93. The number of alkyl carbamates (subject to hydrolysis) is 1. The molecule has 0 saturated carbocycles. The molecule has 1 amide bonds. The fourth-order valence-electron chi connectivity index (χ4n) is 1.95. The molecule has 0 atom stereocenters. The van der Waals surface area contributed by atoms with Gasteiger partial charge in [-0.1, -0.05) is 42.2 Å². The Balaban J connectivity index is 1.85. The first-order chi connectivity index (χ1) is 12.1. The molecule has 0 aliphatic rings. The molecule has 0 unspecified atom stereocenters. The molecule has 0 heterocycles. The summed E-state index contributed by atoms with van der Waals surface area (Å²) in [7, 11) is 1.36. The highest BCUT2D eigenvalue weighted by Gasteiger charge is 2.14. The van der Waals surface area contributed by atoms with E-state index in [1.807, 2.05) is 30.3 Å². The number of nitro benzene ring substituents is 1. The van der Waals surface area contributed by atoms with Crippen molar-refractivity contribution in [1.82, 2.24) is 5.32 Å². The summed E-state index contributed by atoms with van der Waals surface area (Å²) in [5.74, 6) is 5.61. The van der Waals surface area contributed by atoms with Crippen molar-refractivity contribution < 1.29 is 19.2 Å². The van der Waals surface area contributed by atoms with Gasteiger partial charge in [0.05, 0.1) is 18.6 Å². The van der Waals surface area contributed by atoms with E-state index in [1.165, 1.54) is 19.2 Å². The van der Waals surface area contributed by atoms with Crippen molar-refractivity contribution in [3.05, 3.63) is 69.8 Å². The minimum absolute atomic E-state index is 0.0629. The first-order valence-electron chi connectivity index (χ1n) is 7.36. The molecule has 25 heavy (non-hydrogen) atoms. The molecular formula is C18H16N2O5. The smallest absolute Gasteiger partial charge is 0.408 e. The van der Waals surface area contributed by atoms with Crippen molar-refractivity contribution in [3.63, 3.8) is 0 Å². The number of amides is 1. The van der Waals surface area contributed by atoms with Gasteiger partial charge in [0.1, 0.15) is 6.61 Å². The Hall–Kier alpha value is -3.53. The van der Waals surface area contributed by atoms with Crippen LogP contribution in [0.4, 0.5) is 10.5 Å². The molecule has 0 fully saturated rings. The maximum Gasteiger partial charge on any atom is 0.408 e. The maximum absolute atomic E-state index is 11.5. The SMILES string of the molecule is COc1ccc(C#CCNC(=O)OCc2ccccc2)cc1[N+](=O)[O-]. The monoisotopic (exact) mass is 340 g/mol. The van der Waals surface area contributed by atoms with Gasteiger partial charge in [-0.2, -0.15) is 0 Å². The summed E-state index contributed by atoms with van der Waals surface area (Å²) >= 11 is 0. The Morgan fingerprint density at radius 1 is 1.24 bits per heavy atom. The molecule has 0 bridgehead atoms. The van der Waals surface area contributed by atoms with Gasteiger partial charge in [0.2, 0.25) is 0 Å².